The molecule has 0 radical (unpaired) electrons. The average Bonchev–Trinajstić information content (AvgIpc) is 4.01. The molecule has 0 amide bonds. The van der Waals surface area contributed by atoms with Gasteiger partial charge in [-0.1, -0.05) is 70.2 Å². The topological polar surface area (TPSA) is 74.5 Å². The van der Waals surface area contributed by atoms with Crippen molar-refractivity contribution in [1.29, 1.82) is 0 Å². The Kier molecular flexibility index (Phi) is 10.4. The first-order chi connectivity index (χ1) is 24.7. The standard InChI is InChI=1S/C39H32O7.2C2H6/c1-2-27(13-28-14-30(8-3-24(1)28)40-18-34-20-42-34)39-37-17-33(11-6-26(37)7-12-38(39)45-23-36-22-44-36)46-32-10-5-25-4-9-31(15-29(25)16-32)41-19-35-21-43-35;2*1-2/h1-17,34-36H,18-23H2;2*1-2H3. The largest absolute Gasteiger partial charge is 0.491 e. The molecule has 3 fully saturated rings. The van der Waals surface area contributed by atoms with Crippen molar-refractivity contribution in [3.8, 4) is 39.9 Å². The summed E-state index contributed by atoms with van der Waals surface area (Å²) in [4.78, 5) is 0. The van der Waals surface area contributed by atoms with Gasteiger partial charge in [-0.3, -0.25) is 0 Å². The maximum atomic E-state index is 6.47. The Morgan fingerprint density at radius 3 is 1.48 bits per heavy atom. The molecule has 7 nitrogen and oxygen atoms in total. The highest BCUT2D eigenvalue weighted by molar-refractivity contribution is 6.02. The van der Waals surface area contributed by atoms with E-state index >= 15 is 0 Å². The Bertz CT molecular complexity index is 2080. The van der Waals surface area contributed by atoms with Crippen LogP contribution in [-0.2, 0) is 14.2 Å². The van der Waals surface area contributed by atoms with Crippen molar-refractivity contribution in [1.82, 2.24) is 0 Å². The summed E-state index contributed by atoms with van der Waals surface area (Å²) in [6, 6.07) is 35.3. The number of hydrogen-bond donors (Lipinski definition) is 0. The van der Waals surface area contributed by atoms with Gasteiger partial charge in [0.25, 0.3) is 0 Å². The number of ether oxygens (including phenoxy) is 7. The molecule has 0 aromatic heterocycles. The second kappa shape index (κ2) is 15.4. The van der Waals surface area contributed by atoms with Crippen molar-refractivity contribution in [2.75, 3.05) is 39.6 Å². The Balaban J connectivity index is 0.000000948. The third kappa shape index (κ3) is 8.13. The fourth-order valence-electron chi connectivity index (χ4n) is 5.78. The molecular weight excluding hydrogens is 628 g/mol. The lowest BCUT2D eigenvalue weighted by Crippen LogP contribution is -2.05. The minimum absolute atomic E-state index is 0.144. The van der Waals surface area contributed by atoms with E-state index in [1.54, 1.807) is 0 Å². The highest BCUT2D eigenvalue weighted by atomic mass is 16.6. The van der Waals surface area contributed by atoms with Crippen LogP contribution in [0, 0.1) is 0 Å². The molecule has 3 aliphatic rings. The summed E-state index contributed by atoms with van der Waals surface area (Å²) in [7, 11) is 0. The molecule has 3 aliphatic heterocycles. The summed E-state index contributed by atoms with van der Waals surface area (Å²) in [6.07, 6.45) is 0.563. The van der Waals surface area contributed by atoms with Crippen LogP contribution in [0.4, 0.5) is 0 Å². The summed E-state index contributed by atoms with van der Waals surface area (Å²) >= 11 is 0. The first-order valence-corrected chi connectivity index (χ1v) is 17.8. The predicted octanol–water partition coefficient (Wildman–Crippen LogP) is 9.99. The molecule has 3 unspecified atom stereocenters. The molecule has 0 N–H and O–H groups in total. The molecule has 9 rings (SSSR count). The molecule has 3 heterocycles. The summed E-state index contributed by atoms with van der Waals surface area (Å²) in [5.41, 5.74) is 2.07. The number of epoxide rings is 3. The van der Waals surface area contributed by atoms with Crippen LogP contribution in [0.2, 0.25) is 0 Å². The molecule has 6 aromatic carbocycles. The van der Waals surface area contributed by atoms with Gasteiger partial charge in [-0.25, -0.2) is 0 Å². The summed E-state index contributed by atoms with van der Waals surface area (Å²) in [5, 5.41) is 6.55. The smallest absolute Gasteiger partial charge is 0.128 e. The molecular formula is C43H44O7. The number of rotatable bonds is 12. The third-order valence-corrected chi connectivity index (χ3v) is 8.58. The molecule has 50 heavy (non-hydrogen) atoms. The van der Waals surface area contributed by atoms with Crippen LogP contribution < -0.4 is 18.9 Å². The number of fused-ring (bicyclic) bond motifs is 3. The monoisotopic (exact) mass is 672 g/mol. The Morgan fingerprint density at radius 2 is 0.900 bits per heavy atom. The Hall–Kier alpha value is -4.82. The zero-order valence-corrected chi connectivity index (χ0v) is 29.1. The second-order valence-electron chi connectivity index (χ2n) is 12.1. The van der Waals surface area contributed by atoms with Crippen LogP contribution in [0.1, 0.15) is 27.7 Å². The van der Waals surface area contributed by atoms with Gasteiger partial charge in [-0.2, -0.15) is 0 Å². The zero-order chi connectivity index (χ0) is 34.5. The van der Waals surface area contributed by atoms with Crippen LogP contribution in [0.15, 0.2) is 103 Å². The molecule has 3 saturated heterocycles. The fourth-order valence-corrected chi connectivity index (χ4v) is 5.78. The molecule has 0 saturated carbocycles. The Labute approximate surface area is 293 Å². The van der Waals surface area contributed by atoms with Crippen molar-refractivity contribution >= 4 is 32.3 Å². The van der Waals surface area contributed by atoms with Gasteiger partial charge >= 0.3 is 0 Å². The van der Waals surface area contributed by atoms with Crippen LogP contribution in [-0.4, -0.2) is 58.0 Å². The minimum atomic E-state index is 0.144. The summed E-state index contributed by atoms with van der Waals surface area (Å²) in [6.45, 7) is 11.9. The predicted molar refractivity (Wildman–Crippen MR) is 199 cm³/mol. The van der Waals surface area contributed by atoms with Crippen LogP contribution >= 0.6 is 0 Å². The van der Waals surface area contributed by atoms with Gasteiger partial charge in [0.05, 0.1) is 19.8 Å². The van der Waals surface area contributed by atoms with Gasteiger partial charge in [-0.15, -0.1) is 0 Å². The van der Waals surface area contributed by atoms with Gasteiger partial charge in [-0.05, 0) is 98.5 Å². The lowest BCUT2D eigenvalue weighted by atomic mass is 9.95. The summed E-state index contributed by atoms with van der Waals surface area (Å²) in [5.74, 6) is 3.97. The lowest BCUT2D eigenvalue weighted by molar-refractivity contribution is 0.263. The van der Waals surface area contributed by atoms with E-state index in [1.165, 1.54) is 0 Å². The maximum Gasteiger partial charge on any atom is 0.128 e. The van der Waals surface area contributed by atoms with Crippen molar-refractivity contribution < 1.29 is 33.2 Å². The molecule has 6 aromatic rings. The molecule has 7 heteroatoms. The fraction of sp³-hybridized carbons (Fsp3) is 0.302. The van der Waals surface area contributed by atoms with E-state index in [9.17, 15) is 0 Å². The first-order valence-electron chi connectivity index (χ1n) is 17.8. The van der Waals surface area contributed by atoms with Crippen LogP contribution in [0.3, 0.4) is 0 Å². The van der Waals surface area contributed by atoms with Gasteiger partial charge < -0.3 is 33.2 Å². The van der Waals surface area contributed by atoms with E-state index in [0.29, 0.717) is 19.8 Å². The average molecular weight is 673 g/mol. The quantitative estimate of drug-likeness (QED) is 0.120. The number of benzene rings is 6. The molecule has 3 atom stereocenters. The molecule has 258 valence electrons. The lowest BCUT2D eigenvalue weighted by Gasteiger charge is -2.16. The maximum absolute atomic E-state index is 6.47. The highest BCUT2D eigenvalue weighted by Gasteiger charge is 2.25. The second-order valence-corrected chi connectivity index (χ2v) is 12.1. The van der Waals surface area contributed by atoms with E-state index in [0.717, 1.165) is 92.0 Å². The Morgan fingerprint density at radius 1 is 0.460 bits per heavy atom. The van der Waals surface area contributed by atoms with E-state index in [-0.39, 0.29) is 18.3 Å². The van der Waals surface area contributed by atoms with E-state index in [4.69, 9.17) is 33.2 Å². The van der Waals surface area contributed by atoms with Gasteiger partial charge in [0.1, 0.15) is 66.9 Å². The number of hydrogen-bond acceptors (Lipinski definition) is 7. The van der Waals surface area contributed by atoms with E-state index in [2.05, 4.69) is 72.8 Å². The summed E-state index contributed by atoms with van der Waals surface area (Å²) < 4.78 is 40.8. The zero-order valence-electron chi connectivity index (χ0n) is 29.1. The highest BCUT2D eigenvalue weighted by Crippen LogP contribution is 2.41. The van der Waals surface area contributed by atoms with Gasteiger partial charge in [0, 0.05) is 5.56 Å². The first kappa shape index (κ1) is 33.7. The SMILES string of the molecule is CC.CC.c1cc2ccc(Oc3ccc4ccc(OCC5CO5)c(-c5ccc6ccc(OCC7CO7)cc6c5)c4c3)cc2cc1OCC1CO1. The molecule has 0 spiro atoms. The third-order valence-electron chi connectivity index (χ3n) is 8.58. The van der Waals surface area contributed by atoms with E-state index in [1.807, 2.05) is 58.0 Å². The van der Waals surface area contributed by atoms with Crippen LogP contribution in [0.5, 0.6) is 28.7 Å². The van der Waals surface area contributed by atoms with Crippen molar-refractivity contribution in [3.63, 3.8) is 0 Å². The van der Waals surface area contributed by atoms with Gasteiger partial charge in [0.2, 0.25) is 0 Å². The van der Waals surface area contributed by atoms with Crippen molar-refractivity contribution in [3.05, 3.63) is 103 Å². The minimum Gasteiger partial charge on any atom is -0.491 e. The molecule has 0 aliphatic carbocycles. The van der Waals surface area contributed by atoms with Crippen molar-refractivity contribution in [2.24, 2.45) is 0 Å². The van der Waals surface area contributed by atoms with E-state index < -0.39 is 0 Å². The normalized spacial score (nSPS) is 18.4. The van der Waals surface area contributed by atoms with Gasteiger partial charge in [0.15, 0.2) is 0 Å². The van der Waals surface area contributed by atoms with Crippen LogP contribution in [0.25, 0.3) is 43.4 Å². The molecule has 0 bridgehead atoms. The van der Waals surface area contributed by atoms with Crippen molar-refractivity contribution in [2.45, 2.75) is 46.0 Å².